The van der Waals surface area contributed by atoms with Crippen LogP contribution in [0.3, 0.4) is 0 Å². The van der Waals surface area contributed by atoms with Gasteiger partial charge in [-0.1, -0.05) is 172 Å². The molecule has 6 aromatic rings. The molecule has 0 nitrogen and oxygen atoms in total. The summed E-state index contributed by atoms with van der Waals surface area (Å²) in [6, 6.07) is 59.0. The van der Waals surface area contributed by atoms with Crippen LogP contribution in [-0.2, 0) is 19.3 Å². The Morgan fingerprint density at radius 1 is 0.372 bits per heavy atom. The lowest BCUT2D eigenvalue weighted by Gasteiger charge is -2.26. The Bertz CT molecular complexity index is 1540. The van der Waals surface area contributed by atoms with Gasteiger partial charge in [0.15, 0.2) is 0 Å². The molecule has 43 heavy (non-hydrogen) atoms. The fourth-order valence-electron chi connectivity index (χ4n) is 5.74. The van der Waals surface area contributed by atoms with Gasteiger partial charge in [0.25, 0.3) is 0 Å². The lowest BCUT2D eigenvalue weighted by atomic mass is 10.0. The summed E-state index contributed by atoms with van der Waals surface area (Å²) in [6.45, 7) is 4.53. The molecule has 0 aromatic heterocycles. The molecule has 0 heterocycles. The maximum Gasteiger partial charge on any atom is -0.00126 e. The Labute approximate surface area is 260 Å². The highest BCUT2D eigenvalue weighted by Crippen LogP contribution is 2.38. The van der Waals surface area contributed by atoms with Crippen LogP contribution in [0.1, 0.15) is 36.1 Å². The number of benzene rings is 6. The lowest BCUT2D eigenvalue weighted by Crippen LogP contribution is -2.26. The fraction of sp³-hybridized carbons (Fsp3) is 0.122. The van der Waals surface area contributed by atoms with Crippen LogP contribution in [-0.4, -0.2) is 0 Å². The van der Waals surface area contributed by atoms with Gasteiger partial charge in [0.2, 0.25) is 0 Å². The van der Waals surface area contributed by atoms with Crippen molar-refractivity contribution in [1.82, 2.24) is 0 Å². The highest BCUT2D eigenvalue weighted by molar-refractivity contribution is 7.80. The van der Waals surface area contributed by atoms with E-state index >= 15 is 0 Å². The highest BCUT2D eigenvalue weighted by Gasteiger charge is 2.23. The molecule has 0 fully saturated rings. The van der Waals surface area contributed by atoms with Crippen molar-refractivity contribution >= 4 is 47.7 Å². The second-order valence-corrected chi connectivity index (χ2v) is 15.2. The van der Waals surface area contributed by atoms with Crippen molar-refractivity contribution in [3.05, 3.63) is 180 Å². The summed E-state index contributed by atoms with van der Waals surface area (Å²) in [4.78, 5) is 0. The van der Waals surface area contributed by atoms with E-state index in [-0.39, 0.29) is 0 Å². The van der Waals surface area contributed by atoms with Crippen LogP contribution in [0.5, 0.6) is 0 Å². The summed E-state index contributed by atoms with van der Waals surface area (Å²) < 4.78 is 0. The van der Waals surface area contributed by atoms with Crippen LogP contribution in [0.4, 0.5) is 0 Å². The molecule has 212 valence electrons. The molecule has 0 bridgehead atoms. The first kappa shape index (κ1) is 29.3. The topological polar surface area (TPSA) is 0 Å². The molecule has 0 aliphatic rings. The predicted molar refractivity (Wildman–Crippen MR) is 192 cm³/mol. The molecule has 0 saturated heterocycles. The predicted octanol–water partition coefficient (Wildman–Crippen LogP) is 7.92. The van der Waals surface area contributed by atoms with Gasteiger partial charge in [0.1, 0.15) is 0 Å². The SMILES string of the molecule is CCc1ccc(Cc2ccc(CC)cc2P(c2ccccc2)c2ccccc2)c(P(c2ccccc2)c2ccccc2)c1. The van der Waals surface area contributed by atoms with Crippen LogP contribution in [0.15, 0.2) is 158 Å². The van der Waals surface area contributed by atoms with Gasteiger partial charge < -0.3 is 0 Å². The van der Waals surface area contributed by atoms with Crippen LogP contribution in [0.25, 0.3) is 0 Å². The summed E-state index contributed by atoms with van der Waals surface area (Å²) in [6.07, 6.45) is 2.98. The van der Waals surface area contributed by atoms with Gasteiger partial charge in [-0.2, -0.15) is 0 Å². The van der Waals surface area contributed by atoms with E-state index in [1.165, 1.54) is 54.1 Å². The third-order valence-electron chi connectivity index (χ3n) is 8.04. The maximum atomic E-state index is 2.50. The maximum absolute atomic E-state index is 2.50. The second-order valence-electron chi connectivity index (χ2n) is 10.8. The molecule has 2 heteroatoms. The van der Waals surface area contributed by atoms with Crippen molar-refractivity contribution in [2.45, 2.75) is 33.1 Å². The third-order valence-corrected chi connectivity index (χ3v) is 13.1. The molecular weight excluding hydrogens is 554 g/mol. The number of rotatable bonds is 10. The van der Waals surface area contributed by atoms with E-state index < -0.39 is 15.8 Å². The first-order valence-electron chi connectivity index (χ1n) is 15.3. The van der Waals surface area contributed by atoms with Crippen molar-refractivity contribution < 1.29 is 0 Å². The molecule has 0 radical (unpaired) electrons. The number of hydrogen-bond acceptors (Lipinski definition) is 0. The minimum absolute atomic E-state index is 0.702. The van der Waals surface area contributed by atoms with E-state index in [4.69, 9.17) is 0 Å². The van der Waals surface area contributed by atoms with Gasteiger partial charge in [-0.05, 0) is 89.2 Å². The molecule has 0 spiro atoms. The molecular formula is C41H38P2. The largest absolute Gasteiger partial charge is 0.0622 e. The van der Waals surface area contributed by atoms with E-state index in [0.717, 1.165) is 19.3 Å². The molecule has 6 aromatic carbocycles. The average Bonchev–Trinajstić information content (AvgIpc) is 3.08. The van der Waals surface area contributed by atoms with Crippen LogP contribution < -0.4 is 31.8 Å². The van der Waals surface area contributed by atoms with E-state index in [1.807, 2.05) is 0 Å². The van der Waals surface area contributed by atoms with Crippen molar-refractivity contribution in [3.63, 3.8) is 0 Å². The minimum Gasteiger partial charge on any atom is -0.0622 e. The summed E-state index contributed by atoms with van der Waals surface area (Å²) in [7, 11) is -1.40. The smallest absolute Gasteiger partial charge is 0.00126 e. The van der Waals surface area contributed by atoms with E-state index in [9.17, 15) is 0 Å². The van der Waals surface area contributed by atoms with E-state index in [1.54, 1.807) is 0 Å². The zero-order valence-electron chi connectivity index (χ0n) is 25.0. The molecule has 0 aliphatic carbocycles. The van der Waals surface area contributed by atoms with Gasteiger partial charge in [0.05, 0.1) is 0 Å². The fourth-order valence-corrected chi connectivity index (χ4v) is 10.8. The first-order chi connectivity index (χ1) is 21.2. The first-order valence-corrected chi connectivity index (χ1v) is 18.0. The van der Waals surface area contributed by atoms with Crippen LogP contribution >= 0.6 is 15.8 Å². The Balaban J connectivity index is 1.53. The van der Waals surface area contributed by atoms with Crippen molar-refractivity contribution in [3.8, 4) is 0 Å². The Hall–Kier alpha value is -3.82. The van der Waals surface area contributed by atoms with E-state index in [2.05, 4.69) is 172 Å². The summed E-state index contributed by atoms with van der Waals surface area (Å²) in [5.74, 6) is 0. The second kappa shape index (κ2) is 14.1. The minimum atomic E-state index is -0.702. The van der Waals surface area contributed by atoms with Gasteiger partial charge in [-0.3, -0.25) is 0 Å². The molecule has 0 N–H and O–H groups in total. The Morgan fingerprint density at radius 3 is 0.953 bits per heavy atom. The zero-order chi connectivity index (χ0) is 29.4. The van der Waals surface area contributed by atoms with Gasteiger partial charge in [-0.15, -0.1) is 0 Å². The van der Waals surface area contributed by atoms with Gasteiger partial charge >= 0.3 is 0 Å². The molecule has 6 rings (SSSR count). The summed E-state index contributed by atoms with van der Waals surface area (Å²) >= 11 is 0. The van der Waals surface area contributed by atoms with Gasteiger partial charge in [-0.25, -0.2) is 0 Å². The summed E-state index contributed by atoms with van der Waals surface area (Å²) in [5.41, 5.74) is 5.65. The van der Waals surface area contributed by atoms with Crippen molar-refractivity contribution in [2.75, 3.05) is 0 Å². The van der Waals surface area contributed by atoms with Gasteiger partial charge in [0, 0.05) is 0 Å². The normalized spacial score (nSPS) is 11.3. The van der Waals surface area contributed by atoms with Crippen molar-refractivity contribution in [1.29, 1.82) is 0 Å². The molecule has 0 amide bonds. The third kappa shape index (κ3) is 6.73. The van der Waals surface area contributed by atoms with E-state index in [0.29, 0.717) is 0 Å². The lowest BCUT2D eigenvalue weighted by molar-refractivity contribution is 1.12. The molecule has 0 aliphatic heterocycles. The highest BCUT2D eigenvalue weighted by atomic mass is 31.1. The summed E-state index contributed by atoms with van der Waals surface area (Å²) in [5, 5.41) is 8.54. The quantitative estimate of drug-likeness (QED) is 0.142. The standard InChI is InChI=1S/C41H38P2/c1-3-32-25-27-34(40(29-32)42(36-17-9-5-10-18-36)37-19-11-6-12-20-37)31-35-28-26-33(4-2)30-41(35)43(38-21-13-7-14-22-38)39-23-15-8-16-24-39/h5-30H,3-4,31H2,1-2H3. The zero-order valence-corrected chi connectivity index (χ0v) is 26.8. The van der Waals surface area contributed by atoms with Crippen molar-refractivity contribution in [2.24, 2.45) is 0 Å². The average molecular weight is 593 g/mol. The molecule has 0 unspecified atom stereocenters. The Kier molecular flexibility index (Phi) is 9.60. The van der Waals surface area contributed by atoms with Crippen LogP contribution in [0.2, 0.25) is 0 Å². The number of aryl methyl sites for hydroxylation is 2. The Morgan fingerprint density at radius 2 is 0.674 bits per heavy atom. The monoisotopic (exact) mass is 592 g/mol. The van der Waals surface area contributed by atoms with Crippen LogP contribution in [0, 0.1) is 0 Å². The number of hydrogen-bond donors (Lipinski definition) is 0. The molecule has 0 saturated carbocycles. The molecule has 0 atom stereocenters.